The van der Waals surface area contributed by atoms with Crippen LogP contribution in [-0.4, -0.2) is 53.3 Å². The number of benzene rings is 3. The number of aliphatic hydroxyl groups is 1. The van der Waals surface area contributed by atoms with Crippen molar-refractivity contribution in [3.05, 3.63) is 90.0 Å². The van der Waals surface area contributed by atoms with Gasteiger partial charge in [-0.2, -0.15) is 11.8 Å². The second-order valence-electron chi connectivity index (χ2n) is 7.87. The second kappa shape index (κ2) is 12.8. The molecule has 6 nitrogen and oxygen atoms in total. The summed E-state index contributed by atoms with van der Waals surface area (Å²) in [5.41, 5.74) is 4.02. The normalized spacial score (nSPS) is 11.6. The Kier molecular flexibility index (Phi) is 9.55. The first-order chi connectivity index (χ1) is 16.5. The fraction of sp³-hybridized carbons (Fsp3) is 0.259. The molecule has 0 aliphatic carbocycles. The van der Waals surface area contributed by atoms with E-state index in [0.29, 0.717) is 30.8 Å². The molecule has 1 atom stereocenters. The number of amides is 1. The number of nitrogens with zero attached hydrogens (tertiary/aromatic N) is 1. The van der Waals surface area contributed by atoms with Gasteiger partial charge in [0.05, 0.1) is 6.61 Å². The van der Waals surface area contributed by atoms with Gasteiger partial charge in [-0.05, 0) is 59.4 Å². The lowest BCUT2D eigenvalue weighted by atomic mass is 9.96. The molecule has 3 aromatic rings. The lowest BCUT2D eigenvalue weighted by Gasteiger charge is -2.25. The van der Waals surface area contributed by atoms with Crippen LogP contribution in [0, 0.1) is 0 Å². The molecule has 0 fully saturated rings. The van der Waals surface area contributed by atoms with E-state index >= 15 is 0 Å². The molecule has 34 heavy (non-hydrogen) atoms. The molecular weight excluding hydrogens is 448 g/mol. The first kappa shape index (κ1) is 25.3. The van der Waals surface area contributed by atoms with Crippen molar-refractivity contribution in [2.24, 2.45) is 0 Å². The third-order valence-electron chi connectivity index (χ3n) is 5.49. The van der Waals surface area contributed by atoms with Gasteiger partial charge in [0.25, 0.3) is 5.91 Å². The van der Waals surface area contributed by atoms with Gasteiger partial charge in [0.15, 0.2) is 0 Å². The number of aliphatic carboxylic acids is 1. The average Bonchev–Trinajstić information content (AvgIpc) is 2.87. The van der Waals surface area contributed by atoms with Crippen LogP contribution in [0.15, 0.2) is 78.9 Å². The summed E-state index contributed by atoms with van der Waals surface area (Å²) in [5.74, 6) is -0.806. The Morgan fingerprint density at radius 3 is 2.29 bits per heavy atom. The molecule has 0 saturated carbocycles. The molecule has 0 aromatic heterocycles. The summed E-state index contributed by atoms with van der Waals surface area (Å²) in [6.07, 6.45) is 2.26. The van der Waals surface area contributed by atoms with E-state index in [-0.39, 0.29) is 6.61 Å². The summed E-state index contributed by atoms with van der Waals surface area (Å²) in [6.45, 7) is 1.05. The predicted octanol–water partition coefficient (Wildman–Crippen LogP) is 4.29. The zero-order valence-electron chi connectivity index (χ0n) is 19.2. The van der Waals surface area contributed by atoms with Gasteiger partial charge in [0.2, 0.25) is 0 Å². The monoisotopic (exact) mass is 478 g/mol. The Bertz CT molecular complexity index is 1080. The molecule has 3 N–H and O–H groups in total. The minimum Gasteiger partial charge on any atom is -0.480 e. The van der Waals surface area contributed by atoms with Crippen LogP contribution in [0.3, 0.4) is 0 Å². The van der Waals surface area contributed by atoms with Crippen LogP contribution in [0.25, 0.3) is 11.1 Å². The molecule has 0 unspecified atom stereocenters. The van der Waals surface area contributed by atoms with Gasteiger partial charge in [0, 0.05) is 24.3 Å². The maximum absolute atomic E-state index is 13.1. The second-order valence-corrected chi connectivity index (χ2v) is 8.86. The SMILES string of the molecule is CSCC[C@H](NC(=O)c1ccc(CN(CCO)c2ccccc2)cc1-c1ccccc1)C(=O)O. The van der Waals surface area contributed by atoms with E-state index < -0.39 is 17.9 Å². The first-order valence-electron chi connectivity index (χ1n) is 11.1. The van der Waals surface area contributed by atoms with Crippen molar-refractivity contribution in [1.82, 2.24) is 5.32 Å². The number of carboxylic acids is 1. The van der Waals surface area contributed by atoms with Crippen molar-refractivity contribution in [3.8, 4) is 11.1 Å². The summed E-state index contributed by atoms with van der Waals surface area (Å²) in [4.78, 5) is 26.9. The van der Waals surface area contributed by atoms with E-state index in [2.05, 4.69) is 10.2 Å². The van der Waals surface area contributed by atoms with Gasteiger partial charge in [-0.3, -0.25) is 4.79 Å². The Labute approximate surface area is 204 Å². The van der Waals surface area contributed by atoms with Crippen LogP contribution in [0.1, 0.15) is 22.3 Å². The van der Waals surface area contributed by atoms with E-state index in [1.165, 1.54) is 0 Å². The Morgan fingerprint density at radius 2 is 1.68 bits per heavy atom. The summed E-state index contributed by atoms with van der Waals surface area (Å²) < 4.78 is 0. The van der Waals surface area contributed by atoms with Crippen LogP contribution in [0.5, 0.6) is 0 Å². The molecular formula is C27H30N2O4S. The standard InChI is InChI=1S/C27H30N2O4S/c1-34-17-14-25(27(32)33)28-26(31)23-13-12-20(18-24(23)21-8-4-2-5-9-21)19-29(15-16-30)22-10-6-3-7-11-22/h2-13,18,25,30H,14-17,19H2,1H3,(H,28,31)(H,32,33)/t25-/m0/s1. The van der Waals surface area contributed by atoms with E-state index in [1.807, 2.05) is 79.1 Å². The highest BCUT2D eigenvalue weighted by atomic mass is 32.2. The van der Waals surface area contributed by atoms with Gasteiger partial charge in [-0.1, -0.05) is 54.6 Å². The van der Waals surface area contributed by atoms with E-state index in [9.17, 15) is 19.8 Å². The summed E-state index contributed by atoms with van der Waals surface area (Å²) in [6, 6.07) is 24.1. The minimum atomic E-state index is -1.04. The number of para-hydroxylation sites is 1. The van der Waals surface area contributed by atoms with Crippen LogP contribution < -0.4 is 10.2 Å². The third kappa shape index (κ3) is 6.85. The number of nitrogens with one attached hydrogen (secondary N) is 1. The summed E-state index contributed by atoms with van der Waals surface area (Å²) >= 11 is 1.54. The highest BCUT2D eigenvalue weighted by molar-refractivity contribution is 7.98. The molecule has 7 heteroatoms. The molecule has 0 aliphatic heterocycles. The highest BCUT2D eigenvalue weighted by Gasteiger charge is 2.22. The Morgan fingerprint density at radius 1 is 1.00 bits per heavy atom. The predicted molar refractivity (Wildman–Crippen MR) is 138 cm³/mol. The largest absolute Gasteiger partial charge is 0.480 e. The molecule has 0 spiro atoms. The Balaban J connectivity index is 1.93. The van der Waals surface area contributed by atoms with Crippen molar-refractivity contribution in [2.45, 2.75) is 19.0 Å². The number of carboxylic acid groups (broad SMARTS) is 1. The molecule has 1 amide bonds. The molecule has 0 aliphatic rings. The number of hydrogen-bond acceptors (Lipinski definition) is 5. The fourth-order valence-corrected chi connectivity index (χ4v) is 4.22. The molecule has 0 radical (unpaired) electrons. The maximum Gasteiger partial charge on any atom is 0.326 e. The average molecular weight is 479 g/mol. The van der Waals surface area contributed by atoms with Gasteiger partial charge in [-0.25, -0.2) is 4.79 Å². The van der Waals surface area contributed by atoms with E-state index in [0.717, 1.165) is 22.4 Å². The number of rotatable bonds is 12. The quantitative estimate of drug-likeness (QED) is 0.360. The van der Waals surface area contributed by atoms with Gasteiger partial charge in [-0.15, -0.1) is 0 Å². The molecule has 0 bridgehead atoms. The molecule has 0 saturated heterocycles. The van der Waals surface area contributed by atoms with Crippen LogP contribution >= 0.6 is 11.8 Å². The molecule has 0 heterocycles. The fourth-order valence-electron chi connectivity index (χ4n) is 3.75. The molecule has 178 valence electrons. The number of aliphatic hydroxyl groups excluding tert-OH is 1. The number of carbonyl (C=O) groups excluding carboxylic acids is 1. The number of carbonyl (C=O) groups is 2. The van der Waals surface area contributed by atoms with Crippen molar-refractivity contribution in [2.75, 3.05) is 30.1 Å². The zero-order valence-corrected chi connectivity index (χ0v) is 20.0. The topological polar surface area (TPSA) is 89.9 Å². The van der Waals surface area contributed by atoms with E-state index in [4.69, 9.17) is 0 Å². The third-order valence-corrected chi connectivity index (χ3v) is 6.14. The van der Waals surface area contributed by atoms with E-state index in [1.54, 1.807) is 17.8 Å². The zero-order chi connectivity index (χ0) is 24.3. The van der Waals surface area contributed by atoms with Gasteiger partial charge >= 0.3 is 5.97 Å². The van der Waals surface area contributed by atoms with Gasteiger partial charge in [0.1, 0.15) is 6.04 Å². The van der Waals surface area contributed by atoms with Crippen molar-refractivity contribution < 1.29 is 19.8 Å². The smallest absolute Gasteiger partial charge is 0.326 e. The van der Waals surface area contributed by atoms with Crippen LogP contribution in [0.4, 0.5) is 5.69 Å². The number of thioether (sulfide) groups is 1. The van der Waals surface area contributed by atoms with Gasteiger partial charge < -0.3 is 20.4 Å². The first-order valence-corrected chi connectivity index (χ1v) is 12.5. The van der Waals surface area contributed by atoms with Crippen LogP contribution in [-0.2, 0) is 11.3 Å². The molecule has 3 rings (SSSR count). The van der Waals surface area contributed by atoms with Crippen molar-refractivity contribution in [3.63, 3.8) is 0 Å². The minimum absolute atomic E-state index is 0.0214. The maximum atomic E-state index is 13.1. The Hall–Kier alpha value is -3.29. The lowest BCUT2D eigenvalue weighted by Crippen LogP contribution is -2.41. The number of anilines is 1. The summed E-state index contributed by atoms with van der Waals surface area (Å²) in [7, 11) is 0. The molecule has 3 aromatic carbocycles. The lowest BCUT2D eigenvalue weighted by molar-refractivity contribution is -0.139. The van der Waals surface area contributed by atoms with Crippen molar-refractivity contribution >= 4 is 29.3 Å². The highest BCUT2D eigenvalue weighted by Crippen LogP contribution is 2.27. The van der Waals surface area contributed by atoms with Crippen LogP contribution in [0.2, 0.25) is 0 Å². The summed E-state index contributed by atoms with van der Waals surface area (Å²) in [5, 5.41) is 21.8. The number of hydrogen-bond donors (Lipinski definition) is 3. The van der Waals surface area contributed by atoms with Crippen molar-refractivity contribution in [1.29, 1.82) is 0 Å².